The van der Waals surface area contributed by atoms with E-state index in [9.17, 15) is 0 Å². The van der Waals surface area contributed by atoms with Crippen molar-refractivity contribution < 1.29 is 14.2 Å². The Morgan fingerprint density at radius 2 is 1.78 bits per heavy atom. The van der Waals surface area contributed by atoms with Crippen LogP contribution in [0.5, 0.6) is 11.5 Å². The van der Waals surface area contributed by atoms with Crippen molar-refractivity contribution in [2.75, 3.05) is 40.5 Å². The van der Waals surface area contributed by atoms with E-state index in [-0.39, 0.29) is 0 Å². The Morgan fingerprint density at radius 3 is 2.50 bits per heavy atom. The van der Waals surface area contributed by atoms with Crippen molar-refractivity contribution in [3.8, 4) is 11.5 Å². The fourth-order valence-corrected chi connectivity index (χ4v) is 3.83. The lowest BCUT2D eigenvalue weighted by Crippen LogP contribution is -2.37. The summed E-state index contributed by atoms with van der Waals surface area (Å²) in [5, 5.41) is 3.16. The predicted molar refractivity (Wildman–Crippen MR) is 128 cm³/mol. The van der Waals surface area contributed by atoms with Gasteiger partial charge in [-0.25, -0.2) is 4.99 Å². The number of hydrogen-bond acceptors (Lipinski definition) is 5. The van der Waals surface area contributed by atoms with Crippen LogP contribution in [0.4, 0.5) is 0 Å². The summed E-state index contributed by atoms with van der Waals surface area (Å²) in [5.41, 5.74) is 8.38. The number of rotatable bonds is 11. The number of nitrogens with one attached hydrogen (secondary N) is 1. The van der Waals surface area contributed by atoms with Gasteiger partial charge in [0, 0.05) is 32.8 Å². The number of piperidine rings is 1. The number of hydrogen-bond donors (Lipinski definition) is 2. The van der Waals surface area contributed by atoms with Gasteiger partial charge in [0.25, 0.3) is 0 Å². The fraction of sp³-hybridized carbons (Fsp3) is 0.480. The average Bonchev–Trinajstić information content (AvgIpc) is 2.84. The van der Waals surface area contributed by atoms with Crippen LogP contribution in [0, 0.1) is 0 Å². The second-order valence-electron chi connectivity index (χ2n) is 8.00. The summed E-state index contributed by atoms with van der Waals surface area (Å²) in [7, 11) is 3.24. The molecule has 0 aromatic heterocycles. The van der Waals surface area contributed by atoms with E-state index in [4.69, 9.17) is 19.9 Å². The first-order valence-electron chi connectivity index (χ1n) is 11.3. The monoisotopic (exact) mass is 440 g/mol. The third kappa shape index (κ3) is 7.73. The first-order chi connectivity index (χ1) is 15.7. The van der Waals surface area contributed by atoms with Crippen molar-refractivity contribution in [1.82, 2.24) is 10.2 Å². The van der Waals surface area contributed by atoms with Crippen LogP contribution in [0.2, 0.25) is 0 Å². The minimum Gasteiger partial charge on any atom is -0.493 e. The van der Waals surface area contributed by atoms with Crippen LogP contribution in [-0.2, 0) is 17.8 Å². The third-order valence-electron chi connectivity index (χ3n) is 5.64. The van der Waals surface area contributed by atoms with Crippen LogP contribution in [0.3, 0.4) is 0 Å². The molecule has 174 valence electrons. The smallest absolute Gasteiger partial charge is 0.188 e. The number of likely N-dealkylation sites (tertiary alicyclic amines) is 1. The van der Waals surface area contributed by atoms with Crippen molar-refractivity contribution in [2.45, 2.75) is 38.5 Å². The summed E-state index contributed by atoms with van der Waals surface area (Å²) in [5.74, 6) is 1.83. The molecule has 3 rings (SSSR count). The molecule has 0 bridgehead atoms. The summed E-state index contributed by atoms with van der Waals surface area (Å²) < 4.78 is 16.6. The Kier molecular flexibility index (Phi) is 9.65. The quantitative estimate of drug-likeness (QED) is 0.317. The van der Waals surface area contributed by atoms with Gasteiger partial charge in [0.15, 0.2) is 17.5 Å². The number of nitrogens with two attached hydrogens (primary N) is 1. The number of ether oxygens (including phenoxy) is 3. The van der Waals surface area contributed by atoms with Gasteiger partial charge in [-0.05, 0) is 42.5 Å². The zero-order valence-electron chi connectivity index (χ0n) is 19.3. The minimum absolute atomic E-state index is 0.359. The summed E-state index contributed by atoms with van der Waals surface area (Å²) in [6.07, 6.45) is 3.44. The maximum atomic E-state index is 6.07. The second kappa shape index (κ2) is 12.9. The van der Waals surface area contributed by atoms with Gasteiger partial charge in [0.1, 0.15) is 0 Å². The second-order valence-corrected chi connectivity index (χ2v) is 8.00. The fourth-order valence-electron chi connectivity index (χ4n) is 3.83. The van der Waals surface area contributed by atoms with E-state index in [1.54, 1.807) is 14.2 Å². The normalized spacial score (nSPS) is 15.5. The molecular formula is C25H36N4O3. The van der Waals surface area contributed by atoms with E-state index >= 15 is 0 Å². The zero-order chi connectivity index (χ0) is 22.6. The van der Waals surface area contributed by atoms with Gasteiger partial charge in [-0.15, -0.1) is 0 Å². The van der Waals surface area contributed by atoms with Crippen molar-refractivity contribution in [3.05, 3.63) is 59.7 Å². The van der Waals surface area contributed by atoms with E-state index < -0.39 is 0 Å². The number of methoxy groups -OCH3 is 2. The van der Waals surface area contributed by atoms with Gasteiger partial charge < -0.3 is 25.3 Å². The first-order valence-corrected chi connectivity index (χ1v) is 11.3. The van der Waals surface area contributed by atoms with Gasteiger partial charge in [0.05, 0.1) is 26.9 Å². The summed E-state index contributed by atoms with van der Waals surface area (Å²) >= 11 is 0. The minimum atomic E-state index is 0.359. The van der Waals surface area contributed by atoms with Crippen LogP contribution in [0.25, 0.3) is 0 Å². The molecule has 7 heteroatoms. The van der Waals surface area contributed by atoms with Gasteiger partial charge >= 0.3 is 0 Å². The van der Waals surface area contributed by atoms with Crippen LogP contribution in [0.1, 0.15) is 30.4 Å². The van der Waals surface area contributed by atoms with E-state index in [2.05, 4.69) is 45.5 Å². The molecule has 0 spiro atoms. The number of aliphatic imine (C=N–C) groups is 1. The van der Waals surface area contributed by atoms with Crippen molar-refractivity contribution in [2.24, 2.45) is 10.7 Å². The molecule has 0 atom stereocenters. The molecule has 0 aliphatic carbocycles. The highest BCUT2D eigenvalue weighted by molar-refractivity contribution is 5.77. The van der Waals surface area contributed by atoms with Crippen molar-refractivity contribution in [1.29, 1.82) is 0 Å². The highest BCUT2D eigenvalue weighted by atomic mass is 16.5. The van der Waals surface area contributed by atoms with E-state index in [0.717, 1.165) is 57.6 Å². The Morgan fingerprint density at radius 1 is 1.03 bits per heavy atom. The molecule has 7 nitrogen and oxygen atoms in total. The Labute approximate surface area is 191 Å². The van der Waals surface area contributed by atoms with Crippen molar-refractivity contribution in [3.63, 3.8) is 0 Å². The summed E-state index contributed by atoms with van der Waals surface area (Å²) in [6, 6.07) is 16.4. The summed E-state index contributed by atoms with van der Waals surface area (Å²) in [6.45, 7) is 5.17. The SMILES string of the molecule is COc1ccc(CN=C(N)NCCCOC2CCN(Cc3ccccc3)CC2)cc1OC. The third-order valence-corrected chi connectivity index (χ3v) is 5.64. The van der Waals surface area contributed by atoms with Gasteiger partial charge in [-0.2, -0.15) is 0 Å². The lowest BCUT2D eigenvalue weighted by molar-refractivity contribution is 0.00535. The van der Waals surface area contributed by atoms with E-state index in [1.165, 1.54) is 5.56 Å². The van der Waals surface area contributed by atoms with Crippen LogP contribution < -0.4 is 20.5 Å². The largest absolute Gasteiger partial charge is 0.493 e. The Bertz CT molecular complexity index is 836. The van der Waals surface area contributed by atoms with Crippen LogP contribution in [0.15, 0.2) is 53.5 Å². The molecule has 0 unspecified atom stereocenters. The molecule has 2 aromatic rings. The molecule has 32 heavy (non-hydrogen) atoms. The highest BCUT2D eigenvalue weighted by Crippen LogP contribution is 2.27. The average molecular weight is 441 g/mol. The molecule has 1 aliphatic heterocycles. The van der Waals surface area contributed by atoms with Gasteiger partial charge in [-0.3, -0.25) is 4.90 Å². The molecule has 1 heterocycles. The van der Waals surface area contributed by atoms with Gasteiger partial charge in [-0.1, -0.05) is 36.4 Å². The van der Waals surface area contributed by atoms with Gasteiger partial charge in [0.2, 0.25) is 0 Å². The number of benzene rings is 2. The molecular weight excluding hydrogens is 404 g/mol. The maximum absolute atomic E-state index is 6.07. The Balaban J connectivity index is 1.27. The summed E-state index contributed by atoms with van der Waals surface area (Å²) in [4.78, 5) is 6.90. The molecule has 0 saturated carbocycles. The number of guanidine groups is 1. The molecule has 0 amide bonds. The van der Waals surface area contributed by atoms with Crippen LogP contribution >= 0.6 is 0 Å². The first kappa shape index (κ1) is 23.9. The van der Waals surface area contributed by atoms with Crippen molar-refractivity contribution >= 4 is 5.96 Å². The molecule has 3 N–H and O–H groups in total. The molecule has 2 aromatic carbocycles. The number of nitrogens with zero attached hydrogens (tertiary/aromatic N) is 2. The maximum Gasteiger partial charge on any atom is 0.188 e. The molecule has 0 radical (unpaired) electrons. The van der Waals surface area contributed by atoms with E-state index in [0.29, 0.717) is 30.1 Å². The van der Waals surface area contributed by atoms with E-state index in [1.807, 2.05) is 18.2 Å². The Hall–Kier alpha value is -2.77. The van der Waals surface area contributed by atoms with Crippen LogP contribution in [-0.4, -0.2) is 57.4 Å². The highest BCUT2D eigenvalue weighted by Gasteiger charge is 2.19. The molecule has 1 aliphatic rings. The molecule has 1 saturated heterocycles. The lowest BCUT2D eigenvalue weighted by Gasteiger charge is -2.32. The predicted octanol–water partition coefficient (Wildman–Crippen LogP) is 3.18. The zero-order valence-corrected chi connectivity index (χ0v) is 19.3. The lowest BCUT2D eigenvalue weighted by atomic mass is 10.1. The molecule has 1 fully saturated rings. The topological polar surface area (TPSA) is 81.3 Å². The standard InChI is InChI=1S/C25H36N4O3/c1-30-23-10-9-21(17-24(23)31-2)18-28-25(26)27-13-6-16-32-22-11-14-29(15-12-22)19-20-7-4-3-5-8-20/h3-5,7-10,17,22H,6,11-16,18-19H2,1-2H3,(H3,26,27,28).